The molecule has 1 saturated heterocycles. The van der Waals surface area contributed by atoms with Gasteiger partial charge in [-0.2, -0.15) is 0 Å². The lowest BCUT2D eigenvalue weighted by molar-refractivity contribution is -0.145. The molecule has 1 aliphatic rings. The number of rotatable bonds is 8. The first kappa shape index (κ1) is 23.5. The van der Waals surface area contributed by atoms with E-state index in [1.165, 1.54) is 0 Å². The topological polar surface area (TPSA) is 82.5 Å². The number of ether oxygens (including phenoxy) is 1. The number of unbranched alkanes of at least 4 members (excludes halogenated alkanes) is 1. The van der Waals surface area contributed by atoms with E-state index >= 15 is 0 Å². The fourth-order valence-corrected chi connectivity index (χ4v) is 4.01. The summed E-state index contributed by atoms with van der Waals surface area (Å²) in [5.74, 6) is 0.136. The molecule has 1 heterocycles. The summed E-state index contributed by atoms with van der Waals surface area (Å²) in [4.78, 5) is 27.2. The average Bonchev–Trinajstić information content (AvgIpc) is 2.84. The third kappa shape index (κ3) is 5.96. The molecule has 2 aromatic rings. The van der Waals surface area contributed by atoms with Crippen molar-refractivity contribution >= 4 is 17.7 Å². The second-order valence-electron chi connectivity index (χ2n) is 8.21. The highest BCUT2D eigenvalue weighted by Gasteiger charge is 2.29. The molecule has 0 aromatic heterocycles. The van der Waals surface area contributed by atoms with Crippen LogP contribution in [0.3, 0.4) is 0 Å². The van der Waals surface area contributed by atoms with Gasteiger partial charge in [0.1, 0.15) is 5.84 Å². The molecule has 0 saturated carbocycles. The van der Waals surface area contributed by atoms with Gasteiger partial charge in [0.25, 0.3) is 5.91 Å². The molecule has 6 nitrogen and oxygen atoms in total. The fraction of sp³-hybridized carbons (Fsp3) is 0.423. The van der Waals surface area contributed by atoms with Crippen LogP contribution in [0.5, 0.6) is 0 Å². The fourth-order valence-electron chi connectivity index (χ4n) is 4.01. The molecule has 2 aromatic carbocycles. The normalized spacial score (nSPS) is 15.8. The van der Waals surface area contributed by atoms with Crippen molar-refractivity contribution in [2.24, 2.45) is 0 Å². The van der Waals surface area contributed by atoms with Gasteiger partial charge in [0.2, 0.25) is 0 Å². The highest BCUT2D eigenvalue weighted by molar-refractivity contribution is 5.97. The number of carbonyl (C=O) groups is 2. The minimum absolute atomic E-state index is 0.0274. The highest BCUT2D eigenvalue weighted by Crippen LogP contribution is 2.25. The van der Waals surface area contributed by atoms with E-state index < -0.39 is 0 Å². The van der Waals surface area contributed by atoms with Crippen LogP contribution in [-0.2, 0) is 9.53 Å². The molecule has 170 valence electrons. The molecule has 0 bridgehead atoms. The number of piperidine rings is 1. The number of esters is 1. The molecule has 3 rings (SSSR count). The Hall–Kier alpha value is -3.15. The zero-order valence-electron chi connectivity index (χ0n) is 19.0. The lowest BCUT2D eigenvalue weighted by Crippen LogP contribution is -2.45. The van der Waals surface area contributed by atoms with Gasteiger partial charge in [-0.25, -0.2) is 0 Å². The molecule has 1 aliphatic heterocycles. The maximum atomic E-state index is 13.2. The van der Waals surface area contributed by atoms with Crippen molar-refractivity contribution in [1.82, 2.24) is 10.2 Å². The van der Waals surface area contributed by atoms with Crippen LogP contribution in [0.25, 0.3) is 11.1 Å². The van der Waals surface area contributed by atoms with E-state index in [1.807, 2.05) is 53.4 Å². The van der Waals surface area contributed by atoms with Gasteiger partial charge in [-0.15, -0.1) is 0 Å². The van der Waals surface area contributed by atoms with Crippen LogP contribution in [-0.4, -0.2) is 48.9 Å². The number of amides is 1. The van der Waals surface area contributed by atoms with Gasteiger partial charge in [0, 0.05) is 30.8 Å². The minimum Gasteiger partial charge on any atom is -0.466 e. The third-order valence-electron chi connectivity index (χ3n) is 5.94. The molecule has 2 N–H and O–H groups in total. The number of amidine groups is 1. The molecule has 1 fully saturated rings. The smallest absolute Gasteiger partial charge is 0.307 e. The molecule has 1 amide bonds. The summed E-state index contributed by atoms with van der Waals surface area (Å²) >= 11 is 0. The van der Waals surface area contributed by atoms with Crippen LogP contribution in [0.2, 0.25) is 0 Å². The second-order valence-corrected chi connectivity index (χ2v) is 8.21. The Morgan fingerprint density at radius 3 is 2.25 bits per heavy atom. The Labute approximate surface area is 190 Å². The van der Waals surface area contributed by atoms with E-state index in [9.17, 15) is 9.59 Å². The summed E-state index contributed by atoms with van der Waals surface area (Å²) in [6.45, 7) is 3.19. The van der Waals surface area contributed by atoms with Gasteiger partial charge in [-0.3, -0.25) is 15.0 Å². The quantitative estimate of drug-likeness (QED) is 0.274. The summed E-state index contributed by atoms with van der Waals surface area (Å²) in [6, 6.07) is 15.3. The van der Waals surface area contributed by atoms with E-state index in [2.05, 4.69) is 12.2 Å². The zero-order valence-corrected chi connectivity index (χ0v) is 19.0. The first-order valence-corrected chi connectivity index (χ1v) is 11.5. The predicted molar refractivity (Wildman–Crippen MR) is 127 cm³/mol. The van der Waals surface area contributed by atoms with E-state index in [0.29, 0.717) is 24.6 Å². The summed E-state index contributed by atoms with van der Waals surface area (Å²) in [5, 5.41) is 10.7. The first-order chi connectivity index (χ1) is 15.5. The molecule has 1 unspecified atom stereocenters. The van der Waals surface area contributed by atoms with Crippen LogP contribution in [0.1, 0.15) is 61.4 Å². The van der Waals surface area contributed by atoms with E-state index in [4.69, 9.17) is 10.1 Å². The number of benzene rings is 2. The molecule has 6 heteroatoms. The average molecular weight is 436 g/mol. The molecule has 32 heavy (non-hydrogen) atoms. The number of nitrogens with one attached hydrogen (secondary N) is 2. The molecular formula is C26H33N3O3. The van der Waals surface area contributed by atoms with Crippen molar-refractivity contribution in [2.45, 2.75) is 51.5 Å². The number of hydrogen-bond acceptors (Lipinski definition) is 4. The molecule has 0 radical (unpaired) electrons. The van der Waals surface area contributed by atoms with Gasteiger partial charge in [-0.05, 0) is 48.9 Å². The van der Waals surface area contributed by atoms with E-state index in [1.54, 1.807) is 7.05 Å². The standard InChI is InChI=1S/C26H33N3O3/c1-3-4-17-32-24(30)18-23-7-5-6-16-29(23)26(31)22-14-10-20(11-15-22)19-8-12-21(13-9-19)25(27)28-2/h8-15,23H,3-7,16-18H2,1-2H3,(H2,27,28). The molecular weight excluding hydrogens is 402 g/mol. The lowest BCUT2D eigenvalue weighted by Gasteiger charge is -2.35. The van der Waals surface area contributed by atoms with Gasteiger partial charge in [0.05, 0.1) is 13.0 Å². The maximum Gasteiger partial charge on any atom is 0.307 e. The van der Waals surface area contributed by atoms with Gasteiger partial charge < -0.3 is 15.0 Å². The Morgan fingerprint density at radius 1 is 1.03 bits per heavy atom. The van der Waals surface area contributed by atoms with Crippen LogP contribution < -0.4 is 5.32 Å². The Bertz CT molecular complexity index is 922. The van der Waals surface area contributed by atoms with Crippen molar-refractivity contribution in [2.75, 3.05) is 20.2 Å². The van der Waals surface area contributed by atoms with Crippen molar-refractivity contribution in [3.63, 3.8) is 0 Å². The minimum atomic E-state index is -0.215. The summed E-state index contributed by atoms with van der Waals surface area (Å²) in [7, 11) is 1.73. The van der Waals surface area contributed by atoms with Crippen molar-refractivity contribution < 1.29 is 14.3 Å². The largest absolute Gasteiger partial charge is 0.466 e. The zero-order chi connectivity index (χ0) is 22.9. The number of likely N-dealkylation sites (tertiary alicyclic amines) is 1. The van der Waals surface area contributed by atoms with Gasteiger partial charge in [-0.1, -0.05) is 49.7 Å². The Morgan fingerprint density at radius 2 is 1.66 bits per heavy atom. The van der Waals surface area contributed by atoms with Crippen LogP contribution >= 0.6 is 0 Å². The van der Waals surface area contributed by atoms with Gasteiger partial charge >= 0.3 is 5.97 Å². The van der Waals surface area contributed by atoms with Crippen molar-refractivity contribution in [3.05, 3.63) is 59.7 Å². The molecule has 0 spiro atoms. The third-order valence-corrected chi connectivity index (χ3v) is 5.94. The van der Waals surface area contributed by atoms with Gasteiger partial charge in [0.15, 0.2) is 0 Å². The monoisotopic (exact) mass is 435 g/mol. The predicted octanol–water partition coefficient (Wildman–Crippen LogP) is 4.63. The highest BCUT2D eigenvalue weighted by atomic mass is 16.5. The second kappa shape index (κ2) is 11.5. The Kier molecular flexibility index (Phi) is 8.42. The summed E-state index contributed by atoms with van der Waals surface area (Å²) in [5.41, 5.74) is 3.50. The number of carbonyl (C=O) groups excluding carboxylic acids is 2. The van der Waals surface area contributed by atoms with E-state index in [0.717, 1.165) is 48.8 Å². The number of nitrogens with zero attached hydrogens (tertiary/aromatic N) is 1. The van der Waals surface area contributed by atoms with Crippen LogP contribution in [0.15, 0.2) is 48.5 Å². The van der Waals surface area contributed by atoms with Crippen LogP contribution in [0.4, 0.5) is 0 Å². The lowest BCUT2D eigenvalue weighted by atomic mass is 9.97. The van der Waals surface area contributed by atoms with E-state index in [-0.39, 0.29) is 24.3 Å². The molecule has 1 atom stereocenters. The first-order valence-electron chi connectivity index (χ1n) is 11.5. The van der Waals surface area contributed by atoms with Crippen LogP contribution in [0, 0.1) is 5.41 Å². The Balaban J connectivity index is 1.66. The SMILES string of the molecule is CCCCOC(=O)CC1CCCCN1C(=O)c1ccc(-c2ccc(C(=N)NC)cc2)cc1. The summed E-state index contributed by atoms with van der Waals surface area (Å²) < 4.78 is 5.32. The van der Waals surface area contributed by atoms with Crippen molar-refractivity contribution in [1.29, 1.82) is 5.41 Å². The maximum absolute atomic E-state index is 13.2. The molecule has 0 aliphatic carbocycles. The summed E-state index contributed by atoms with van der Waals surface area (Å²) in [6.07, 6.45) is 4.94. The number of hydrogen-bond donors (Lipinski definition) is 2. The van der Waals surface area contributed by atoms with Crippen molar-refractivity contribution in [3.8, 4) is 11.1 Å².